The van der Waals surface area contributed by atoms with Gasteiger partial charge in [0, 0.05) is 25.9 Å². The number of hydrogen-bond acceptors (Lipinski definition) is 5. The molecule has 19 heavy (non-hydrogen) atoms. The third-order valence-electron chi connectivity index (χ3n) is 2.82. The van der Waals surface area contributed by atoms with Crippen LogP contribution in [0.3, 0.4) is 0 Å². The first kappa shape index (κ1) is 18.5. The summed E-state index contributed by atoms with van der Waals surface area (Å²) >= 11 is 0. The van der Waals surface area contributed by atoms with Crippen LogP contribution in [0.5, 0.6) is 0 Å². The number of carbonyl (C=O) groups excluding carboxylic acids is 1. The highest BCUT2D eigenvalue weighted by Gasteiger charge is 2.39. The van der Waals surface area contributed by atoms with E-state index in [4.69, 9.17) is 13.3 Å². The molecule has 0 amide bonds. The van der Waals surface area contributed by atoms with E-state index in [0.717, 1.165) is 25.3 Å². The summed E-state index contributed by atoms with van der Waals surface area (Å²) in [5.41, 5.74) is 0. The van der Waals surface area contributed by atoms with E-state index in [1.807, 2.05) is 27.7 Å². The van der Waals surface area contributed by atoms with Gasteiger partial charge in [0.15, 0.2) is 0 Å². The zero-order valence-corrected chi connectivity index (χ0v) is 13.6. The molecule has 0 aliphatic rings. The van der Waals surface area contributed by atoms with Crippen LogP contribution in [-0.2, 0) is 18.1 Å². The molecule has 0 bridgehead atoms. The lowest BCUT2D eigenvalue weighted by Crippen LogP contribution is -2.46. The molecule has 0 fully saturated rings. The van der Waals surface area contributed by atoms with Crippen LogP contribution < -0.4 is 0 Å². The molecule has 0 N–H and O–H groups in total. The fourth-order valence-corrected chi connectivity index (χ4v) is 4.63. The second-order valence-corrected chi connectivity index (χ2v) is 6.89. The summed E-state index contributed by atoms with van der Waals surface area (Å²) in [7, 11) is -2.54. The van der Waals surface area contributed by atoms with Crippen molar-refractivity contribution in [1.82, 2.24) is 0 Å². The molecule has 0 aliphatic carbocycles. The number of aliphatic imine (C=N–C) groups is 1. The van der Waals surface area contributed by atoms with Gasteiger partial charge in [-0.1, -0.05) is 6.92 Å². The molecule has 112 valence electrons. The van der Waals surface area contributed by atoms with Crippen LogP contribution in [-0.4, -0.2) is 40.7 Å². The lowest BCUT2D eigenvalue weighted by Gasteiger charge is -2.28. The fraction of sp³-hybridized carbons (Fsp3) is 0.923. The summed E-state index contributed by atoms with van der Waals surface area (Å²) in [5.74, 6) is 0. The molecule has 0 aliphatic heterocycles. The van der Waals surface area contributed by atoms with Gasteiger partial charge in [-0.3, -0.25) is 0 Å². The summed E-state index contributed by atoms with van der Waals surface area (Å²) in [5, 5.41) is 0. The Bertz CT molecular complexity index is 252. The molecule has 1 unspecified atom stereocenters. The molecule has 1 atom stereocenters. The van der Waals surface area contributed by atoms with Crippen LogP contribution in [0.1, 0.15) is 47.0 Å². The second-order valence-electron chi connectivity index (χ2n) is 4.16. The first-order valence-corrected chi connectivity index (χ1v) is 9.09. The molecule has 0 heterocycles. The van der Waals surface area contributed by atoms with Crippen LogP contribution in [0.4, 0.5) is 0 Å². The van der Waals surface area contributed by atoms with Gasteiger partial charge in [0.2, 0.25) is 6.08 Å². The van der Waals surface area contributed by atoms with Crippen LogP contribution >= 0.6 is 0 Å². The summed E-state index contributed by atoms with van der Waals surface area (Å²) in [6.45, 7) is 9.65. The van der Waals surface area contributed by atoms with E-state index in [-0.39, 0.29) is 6.04 Å². The maximum atomic E-state index is 10.3. The Morgan fingerprint density at radius 1 is 1.05 bits per heavy atom. The summed E-state index contributed by atoms with van der Waals surface area (Å²) in [6, 6.07) is 0.821. The Morgan fingerprint density at radius 3 is 1.95 bits per heavy atom. The third kappa shape index (κ3) is 7.60. The van der Waals surface area contributed by atoms with Crippen molar-refractivity contribution in [2.75, 3.05) is 19.8 Å². The molecule has 5 nitrogen and oxygen atoms in total. The molecule has 0 aromatic rings. The van der Waals surface area contributed by atoms with Crippen molar-refractivity contribution in [1.29, 1.82) is 0 Å². The minimum absolute atomic E-state index is 0.0501. The first-order valence-electron chi connectivity index (χ1n) is 7.16. The Labute approximate surface area is 117 Å². The molecule has 0 spiro atoms. The highest BCUT2D eigenvalue weighted by molar-refractivity contribution is 6.60. The third-order valence-corrected chi connectivity index (χ3v) is 5.97. The average Bonchev–Trinajstić information content (AvgIpc) is 2.38. The predicted molar refractivity (Wildman–Crippen MR) is 76.9 cm³/mol. The number of nitrogens with zero attached hydrogens (tertiary/aromatic N) is 1. The van der Waals surface area contributed by atoms with Crippen molar-refractivity contribution in [3.8, 4) is 0 Å². The van der Waals surface area contributed by atoms with Crippen molar-refractivity contribution in [2.45, 2.75) is 59.0 Å². The van der Waals surface area contributed by atoms with Crippen LogP contribution in [0, 0.1) is 0 Å². The number of isocyanates is 1. The highest BCUT2D eigenvalue weighted by Crippen LogP contribution is 2.21. The zero-order valence-electron chi connectivity index (χ0n) is 12.6. The minimum atomic E-state index is -2.54. The predicted octanol–water partition coefficient (Wildman–Crippen LogP) is 2.93. The molecule has 0 rings (SSSR count). The topological polar surface area (TPSA) is 57.1 Å². The van der Waals surface area contributed by atoms with Crippen molar-refractivity contribution >= 4 is 14.9 Å². The van der Waals surface area contributed by atoms with Gasteiger partial charge in [-0.25, -0.2) is 9.79 Å². The van der Waals surface area contributed by atoms with Crippen LogP contribution in [0.2, 0.25) is 6.04 Å². The molecular formula is C13H27NO4Si. The smallest absolute Gasteiger partial charge is 0.374 e. The molecule has 0 radical (unpaired) electrons. The van der Waals surface area contributed by atoms with Crippen LogP contribution in [0.25, 0.3) is 0 Å². The monoisotopic (exact) mass is 289 g/mol. The Kier molecular flexibility index (Phi) is 11.0. The molecule has 0 saturated heterocycles. The second kappa shape index (κ2) is 11.3. The maximum absolute atomic E-state index is 10.3. The van der Waals surface area contributed by atoms with Gasteiger partial charge in [0.05, 0.1) is 6.04 Å². The van der Waals surface area contributed by atoms with Gasteiger partial charge in [0.25, 0.3) is 0 Å². The van der Waals surface area contributed by atoms with Crippen molar-refractivity contribution < 1.29 is 18.1 Å². The fourth-order valence-electron chi connectivity index (χ4n) is 1.99. The molecule has 6 heteroatoms. The van der Waals surface area contributed by atoms with Gasteiger partial charge in [-0.05, 0) is 40.0 Å². The van der Waals surface area contributed by atoms with E-state index >= 15 is 0 Å². The van der Waals surface area contributed by atoms with E-state index in [2.05, 4.69) is 4.99 Å². The minimum Gasteiger partial charge on any atom is -0.374 e. The summed E-state index contributed by atoms with van der Waals surface area (Å²) in [6.07, 6.45) is 4.21. The van der Waals surface area contributed by atoms with E-state index < -0.39 is 8.80 Å². The van der Waals surface area contributed by atoms with E-state index in [0.29, 0.717) is 19.8 Å². The lowest BCUT2D eigenvalue weighted by atomic mass is 10.1. The lowest BCUT2D eigenvalue weighted by molar-refractivity contribution is 0.0705. The van der Waals surface area contributed by atoms with E-state index in [9.17, 15) is 4.79 Å². The van der Waals surface area contributed by atoms with Crippen molar-refractivity contribution in [3.63, 3.8) is 0 Å². The first-order chi connectivity index (χ1) is 9.17. The van der Waals surface area contributed by atoms with Crippen molar-refractivity contribution in [2.24, 2.45) is 4.99 Å². The standard InChI is InChI=1S/C13H27NO4Si/c1-5-13(14-12-15)10-9-11-19(16-6-2,17-7-3)18-8-4/h13H,5-11H2,1-4H3. The molecule has 0 aromatic carbocycles. The Morgan fingerprint density at radius 2 is 1.58 bits per heavy atom. The maximum Gasteiger partial charge on any atom is 0.500 e. The quantitative estimate of drug-likeness (QED) is 0.315. The van der Waals surface area contributed by atoms with E-state index in [1.54, 1.807) is 6.08 Å². The molecule has 0 saturated carbocycles. The van der Waals surface area contributed by atoms with Gasteiger partial charge < -0.3 is 13.3 Å². The zero-order chi connectivity index (χ0) is 14.6. The normalized spacial score (nSPS) is 13.1. The summed E-state index contributed by atoms with van der Waals surface area (Å²) < 4.78 is 17.3. The molecular weight excluding hydrogens is 262 g/mol. The van der Waals surface area contributed by atoms with Gasteiger partial charge in [0.1, 0.15) is 0 Å². The van der Waals surface area contributed by atoms with Crippen LogP contribution in [0.15, 0.2) is 4.99 Å². The van der Waals surface area contributed by atoms with Gasteiger partial charge in [-0.15, -0.1) is 0 Å². The highest BCUT2D eigenvalue weighted by atomic mass is 28.4. The average molecular weight is 289 g/mol. The summed E-state index contributed by atoms with van der Waals surface area (Å²) in [4.78, 5) is 14.1. The van der Waals surface area contributed by atoms with Gasteiger partial charge in [-0.2, -0.15) is 0 Å². The number of rotatable bonds is 12. The SMILES string of the molecule is CCO[Si](CCCC(CC)N=C=O)(OCC)OCC. The Balaban J connectivity index is 4.41. The van der Waals surface area contributed by atoms with Gasteiger partial charge >= 0.3 is 8.80 Å². The van der Waals surface area contributed by atoms with E-state index in [1.165, 1.54) is 0 Å². The number of hydrogen-bond donors (Lipinski definition) is 0. The largest absolute Gasteiger partial charge is 0.500 e. The Hall–Kier alpha value is -0.523. The van der Waals surface area contributed by atoms with Crippen molar-refractivity contribution in [3.05, 3.63) is 0 Å². The molecule has 0 aromatic heterocycles.